The molecule has 2 N–H and O–H groups in total. The lowest BCUT2D eigenvalue weighted by Crippen LogP contribution is -2.39. The fraction of sp³-hybridized carbons (Fsp3) is 0.444. The van der Waals surface area contributed by atoms with E-state index in [2.05, 4.69) is 31.0 Å². The van der Waals surface area contributed by atoms with Gasteiger partial charge >= 0.3 is 0 Å². The van der Waals surface area contributed by atoms with Crippen LogP contribution in [-0.4, -0.2) is 35.9 Å². The largest absolute Gasteiger partial charge is 0.340 e. The summed E-state index contributed by atoms with van der Waals surface area (Å²) in [6, 6.07) is 10.2. The number of amides is 1. The average molecular weight is 331 g/mol. The summed E-state index contributed by atoms with van der Waals surface area (Å²) < 4.78 is 0. The zero-order chi connectivity index (χ0) is 17.0. The van der Waals surface area contributed by atoms with E-state index in [9.17, 15) is 4.79 Å². The first-order chi connectivity index (χ1) is 10.8. The molecule has 2 aromatic rings. The molecule has 5 heteroatoms. The maximum atomic E-state index is 12.7. The van der Waals surface area contributed by atoms with Gasteiger partial charge in [-0.25, -0.2) is 4.98 Å². The maximum Gasteiger partial charge on any atom is 0.265 e. The minimum Gasteiger partial charge on any atom is -0.340 e. The minimum absolute atomic E-state index is 0.0286. The van der Waals surface area contributed by atoms with E-state index < -0.39 is 0 Å². The second-order valence-corrected chi connectivity index (χ2v) is 7.80. The van der Waals surface area contributed by atoms with Crippen LogP contribution in [0.1, 0.15) is 39.8 Å². The van der Waals surface area contributed by atoms with E-state index in [1.54, 1.807) is 4.90 Å². The molecule has 0 saturated heterocycles. The van der Waals surface area contributed by atoms with E-state index >= 15 is 0 Å². The Morgan fingerprint density at radius 2 is 1.96 bits per heavy atom. The van der Waals surface area contributed by atoms with Gasteiger partial charge in [-0.1, -0.05) is 44.2 Å². The van der Waals surface area contributed by atoms with E-state index in [1.807, 2.05) is 32.2 Å². The van der Waals surface area contributed by atoms with Gasteiger partial charge in [0.05, 0.1) is 10.7 Å². The van der Waals surface area contributed by atoms with Crippen LogP contribution in [0.5, 0.6) is 0 Å². The van der Waals surface area contributed by atoms with Crippen molar-refractivity contribution in [3.8, 4) is 0 Å². The summed E-state index contributed by atoms with van der Waals surface area (Å²) in [5.41, 5.74) is 7.69. The molecule has 1 amide bonds. The van der Waals surface area contributed by atoms with Crippen LogP contribution in [0.15, 0.2) is 30.3 Å². The second kappa shape index (κ2) is 7.23. The second-order valence-electron chi connectivity index (χ2n) is 6.71. The Bertz CT molecular complexity index is 664. The number of thiazole rings is 1. The molecule has 0 fully saturated rings. The summed E-state index contributed by atoms with van der Waals surface area (Å²) in [4.78, 5) is 19.7. The number of aryl methyl sites for hydroxylation is 1. The van der Waals surface area contributed by atoms with Crippen molar-refractivity contribution >= 4 is 17.2 Å². The third-order valence-electron chi connectivity index (χ3n) is 3.80. The van der Waals surface area contributed by atoms with Crippen molar-refractivity contribution in [2.75, 3.05) is 20.1 Å². The van der Waals surface area contributed by atoms with Crippen molar-refractivity contribution in [3.05, 3.63) is 51.5 Å². The minimum atomic E-state index is -0.0874. The monoisotopic (exact) mass is 331 g/mol. The van der Waals surface area contributed by atoms with Crippen LogP contribution in [0.3, 0.4) is 0 Å². The molecule has 0 spiro atoms. The first kappa shape index (κ1) is 17.6. The highest BCUT2D eigenvalue weighted by Crippen LogP contribution is 2.23. The van der Waals surface area contributed by atoms with Gasteiger partial charge in [0.1, 0.15) is 4.88 Å². The van der Waals surface area contributed by atoms with Crippen LogP contribution in [-0.2, 0) is 6.42 Å². The van der Waals surface area contributed by atoms with Gasteiger partial charge in [-0.15, -0.1) is 11.3 Å². The van der Waals surface area contributed by atoms with E-state index in [4.69, 9.17) is 5.73 Å². The first-order valence-electron chi connectivity index (χ1n) is 7.78. The van der Waals surface area contributed by atoms with E-state index in [0.717, 1.165) is 22.0 Å². The van der Waals surface area contributed by atoms with Gasteiger partial charge in [0, 0.05) is 20.0 Å². The zero-order valence-corrected chi connectivity index (χ0v) is 15.1. The van der Waals surface area contributed by atoms with Crippen molar-refractivity contribution in [1.29, 1.82) is 0 Å². The molecule has 1 aromatic heterocycles. The highest BCUT2D eigenvalue weighted by molar-refractivity contribution is 7.13. The lowest BCUT2D eigenvalue weighted by atomic mass is 9.93. The molecule has 0 saturated carbocycles. The number of hydrogen-bond donors (Lipinski definition) is 1. The van der Waals surface area contributed by atoms with Gasteiger partial charge in [-0.3, -0.25) is 4.79 Å². The molecule has 0 bridgehead atoms. The Morgan fingerprint density at radius 3 is 2.57 bits per heavy atom. The van der Waals surface area contributed by atoms with Crippen LogP contribution in [0.25, 0.3) is 0 Å². The molecule has 2 rings (SSSR count). The van der Waals surface area contributed by atoms with Crippen LogP contribution in [0.4, 0.5) is 0 Å². The quantitative estimate of drug-likeness (QED) is 0.885. The fourth-order valence-electron chi connectivity index (χ4n) is 2.45. The molecule has 0 radical (unpaired) electrons. The summed E-state index contributed by atoms with van der Waals surface area (Å²) >= 11 is 1.49. The molecular weight excluding hydrogens is 306 g/mol. The Labute approximate surface area is 142 Å². The number of aromatic nitrogens is 1. The summed E-state index contributed by atoms with van der Waals surface area (Å²) in [5, 5.41) is 0.975. The van der Waals surface area contributed by atoms with Crippen molar-refractivity contribution in [2.45, 2.75) is 27.2 Å². The molecule has 124 valence electrons. The molecule has 23 heavy (non-hydrogen) atoms. The number of benzene rings is 1. The Hall–Kier alpha value is -1.72. The lowest BCUT2D eigenvalue weighted by Gasteiger charge is -2.28. The smallest absolute Gasteiger partial charge is 0.265 e. The molecule has 0 atom stereocenters. The summed E-state index contributed by atoms with van der Waals surface area (Å²) in [5.74, 6) is 0.0286. The molecule has 0 aliphatic heterocycles. The SMILES string of the molecule is Cc1nc(Cc2ccccc2)sc1C(=O)N(C)CC(C)(C)CN. The van der Waals surface area contributed by atoms with Crippen LogP contribution >= 0.6 is 11.3 Å². The third kappa shape index (κ3) is 4.62. The third-order valence-corrected chi connectivity index (χ3v) is 4.94. The van der Waals surface area contributed by atoms with E-state index in [0.29, 0.717) is 13.1 Å². The van der Waals surface area contributed by atoms with E-state index in [-0.39, 0.29) is 11.3 Å². The first-order valence-corrected chi connectivity index (χ1v) is 8.60. The van der Waals surface area contributed by atoms with Gasteiger partial charge in [0.25, 0.3) is 5.91 Å². The normalized spacial score (nSPS) is 11.5. The highest BCUT2D eigenvalue weighted by atomic mass is 32.1. The van der Waals surface area contributed by atoms with Gasteiger partial charge in [0.2, 0.25) is 0 Å². The molecular formula is C18H25N3OS. The van der Waals surface area contributed by atoms with Crippen LogP contribution in [0.2, 0.25) is 0 Å². The van der Waals surface area contributed by atoms with Crippen LogP contribution in [0, 0.1) is 12.3 Å². The number of carbonyl (C=O) groups excluding carboxylic acids is 1. The molecule has 0 unspecified atom stereocenters. The number of nitrogens with zero attached hydrogens (tertiary/aromatic N) is 2. The molecule has 0 aliphatic rings. The maximum absolute atomic E-state index is 12.7. The Kier molecular flexibility index (Phi) is 5.55. The van der Waals surface area contributed by atoms with Gasteiger partial charge < -0.3 is 10.6 Å². The highest BCUT2D eigenvalue weighted by Gasteiger charge is 2.24. The van der Waals surface area contributed by atoms with Gasteiger partial charge in [-0.05, 0) is 24.4 Å². The molecule has 1 aromatic carbocycles. The topological polar surface area (TPSA) is 59.2 Å². The number of nitrogens with two attached hydrogens (primary N) is 1. The fourth-order valence-corrected chi connectivity index (χ4v) is 3.54. The average Bonchev–Trinajstić information content (AvgIpc) is 2.87. The molecule has 0 aliphatic carbocycles. The number of rotatable bonds is 6. The number of hydrogen-bond acceptors (Lipinski definition) is 4. The molecule has 4 nitrogen and oxygen atoms in total. The van der Waals surface area contributed by atoms with Crippen molar-refractivity contribution in [2.24, 2.45) is 11.1 Å². The predicted molar refractivity (Wildman–Crippen MR) is 95.9 cm³/mol. The molecule has 1 heterocycles. The van der Waals surface area contributed by atoms with Crippen molar-refractivity contribution in [1.82, 2.24) is 9.88 Å². The summed E-state index contributed by atoms with van der Waals surface area (Å²) in [6.45, 7) is 7.22. The van der Waals surface area contributed by atoms with Crippen molar-refractivity contribution < 1.29 is 4.79 Å². The number of carbonyl (C=O) groups is 1. The summed E-state index contributed by atoms with van der Waals surface area (Å²) in [7, 11) is 1.83. The van der Waals surface area contributed by atoms with Gasteiger partial charge in [0.15, 0.2) is 0 Å². The lowest BCUT2D eigenvalue weighted by molar-refractivity contribution is 0.0744. The van der Waals surface area contributed by atoms with Crippen LogP contribution < -0.4 is 5.73 Å². The van der Waals surface area contributed by atoms with Gasteiger partial charge in [-0.2, -0.15) is 0 Å². The van der Waals surface area contributed by atoms with E-state index in [1.165, 1.54) is 16.9 Å². The Morgan fingerprint density at radius 1 is 1.30 bits per heavy atom. The summed E-state index contributed by atoms with van der Waals surface area (Å²) in [6.07, 6.45) is 0.762. The standard InChI is InChI=1S/C18H25N3OS/c1-13-16(17(22)21(4)12-18(2,3)11-19)23-15(20-13)10-14-8-6-5-7-9-14/h5-9H,10-12,19H2,1-4H3. The zero-order valence-electron chi connectivity index (χ0n) is 14.3. The van der Waals surface area contributed by atoms with Crippen molar-refractivity contribution in [3.63, 3.8) is 0 Å². The predicted octanol–water partition coefficient (Wildman–Crippen LogP) is 3.10. The Balaban J connectivity index is 2.12.